The molecule has 1 atom stereocenters. The molecule has 0 amide bonds. The van der Waals surface area contributed by atoms with Gasteiger partial charge in [0.1, 0.15) is 0 Å². The summed E-state index contributed by atoms with van der Waals surface area (Å²) in [7, 11) is -1.06. The highest BCUT2D eigenvalue weighted by atomic mass is 79.9. The summed E-state index contributed by atoms with van der Waals surface area (Å²) in [5.41, 5.74) is 1.19. The zero-order valence-corrected chi connectivity index (χ0v) is 12.1. The lowest BCUT2D eigenvalue weighted by Crippen LogP contribution is -1.90. The molecular formula is C13H17BrOS. The van der Waals surface area contributed by atoms with Crippen LogP contribution in [0.5, 0.6) is 0 Å². The molecule has 1 aromatic rings. The maximum absolute atomic E-state index is 12.0. The highest BCUT2D eigenvalue weighted by Crippen LogP contribution is 2.20. The van der Waals surface area contributed by atoms with Crippen molar-refractivity contribution in [1.82, 2.24) is 0 Å². The monoisotopic (exact) mass is 300 g/mol. The fourth-order valence-electron chi connectivity index (χ4n) is 1.27. The molecule has 0 aliphatic carbocycles. The highest BCUT2D eigenvalue weighted by Gasteiger charge is 2.06. The molecule has 1 aromatic carbocycles. The van der Waals surface area contributed by atoms with E-state index in [1.54, 1.807) is 0 Å². The van der Waals surface area contributed by atoms with Gasteiger partial charge in [0.15, 0.2) is 0 Å². The third kappa shape index (κ3) is 4.22. The molecule has 16 heavy (non-hydrogen) atoms. The lowest BCUT2D eigenvalue weighted by Gasteiger charge is -2.01. The predicted octanol–water partition coefficient (Wildman–Crippen LogP) is 4.53. The van der Waals surface area contributed by atoms with Crippen LogP contribution in [0, 0.1) is 6.92 Å². The van der Waals surface area contributed by atoms with Gasteiger partial charge in [0.05, 0.1) is 14.6 Å². The first kappa shape index (κ1) is 13.7. The van der Waals surface area contributed by atoms with Crippen LogP contribution in [-0.4, -0.2) is 4.21 Å². The van der Waals surface area contributed by atoms with Crippen LogP contribution < -0.4 is 0 Å². The average Bonchev–Trinajstić information content (AvgIpc) is 2.29. The van der Waals surface area contributed by atoms with E-state index in [4.69, 9.17) is 0 Å². The minimum Gasteiger partial charge on any atom is -0.249 e. The van der Waals surface area contributed by atoms with E-state index in [1.165, 1.54) is 5.56 Å². The Kier molecular flexibility index (Phi) is 5.99. The Morgan fingerprint density at radius 2 is 2.00 bits per heavy atom. The van der Waals surface area contributed by atoms with Gasteiger partial charge in [0.2, 0.25) is 0 Å². The summed E-state index contributed by atoms with van der Waals surface area (Å²) < 4.78 is 12.8. The third-order valence-corrected chi connectivity index (χ3v) is 4.70. The van der Waals surface area contributed by atoms with E-state index < -0.39 is 10.8 Å². The largest absolute Gasteiger partial charge is 0.249 e. The smallest absolute Gasteiger partial charge is 0.0917 e. The molecule has 1 rings (SSSR count). The van der Waals surface area contributed by atoms with Crippen molar-refractivity contribution in [3.05, 3.63) is 39.7 Å². The standard InChI is InChI=1S/C13H17BrOS/c1-3-4-5-6-13(14)16(15)12-9-7-11(2)8-10-12/h6-10H,3-5H2,1-2H3/b13-6-. The number of aryl methyl sites for hydroxylation is 1. The minimum absolute atomic E-state index is 0.782. The van der Waals surface area contributed by atoms with Crippen molar-refractivity contribution >= 4 is 26.7 Å². The summed E-state index contributed by atoms with van der Waals surface area (Å²) in [6.45, 7) is 4.18. The van der Waals surface area contributed by atoms with Gasteiger partial charge in [-0.2, -0.15) is 0 Å². The second-order valence-electron chi connectivity index (χ2n) is 3.73. The summed E-state index contributed by atoms with van der Waals surface area (Å²) in [4.78, 5) is 0.852. The van der Waals surface area contributed by atoms with Crippen LogP contribution in [0.15, 0.2) is 39.1 Å². The number of rotatable bonds is 5. The molecule has 0 saturated carbocycles. The lowest BCUT2D eigenvalue weighted by atomic mass is 10.2. The second kappa shape index (κ2) is 7.02. The van der Waals surface area contributed by atoms with Crippen molar-refractivity contribution in [3.8, 4) is 0 Å². The van der Waals surface area contributed by atoms with E-state index >= 15 is 0 Å². The SMILES string of the molecule is CCCC/C=C(/Br)S(=O)c1ccc(C)cc1. The van der Waals surface area contributed by atoms with Gasteiger partial charge in [-0.3, -0.25) is 0 Å². The van der Waals surface area contributed by atoms with E-state index in [9.17, 15) is 4.21 Å². The molecule has 0 fully saturated rings. The molecule has 88 valence electrons. The quantitative estimate of drug-likeness (QED) is 0.730. The molecule has 3 heteroatoms. The van der Waals surface area contributed by atoms with Crippen LogP contribution in [0.3, 0.4) is 0 Å². The van der Waals surface area contributed by atoms with Gasteiger partial charge in [-0.05, 0) is 41.4 Å². The summed E-state index contributed by atoms with van der Waals surface area (Å²) in [6, 6.07) is 7.81. The highest BCUT2D eigenvalue weighted by molar-refractivity contribution is 9.13. The lowest BCUT2D eigenvalue weighted by molar-refractivity contribution is 0.688. The molecule has 0 aliphatic rings. The van der Waals surface area contributed by atoms with Crippen molar-refractivity contribution in [3.63, 3.8) is 0 Å². The number of hydrogen-bond donors (Lipinski definition) is 0. The fourth-order valence-corrected chi connectivity index (χ4v) is 2.94. The van der Waals surface area contributed by atoms with Gasteiger partial charge in [-0.1, -0.05) is 43.5 Å². The fraction of sp³-hybridized carbons (Fsp3) is 0.385. The Morgan fingerprint density at radius 1 is 1.38 bits per heavy atom. The van der Waals surface area contributed by atoms with Gasteiger partial charge in [0.25, 0.3) is 0 Å². The Labute approximate surface area is 109 Å². The number of halogens is 1. The van der Waals surface area contributed by atoms with Crippen LogP contribution in [0.2, 0.25) is 0 Å². The van der Waals surface area contributed by atoms with Crippen molar-refractivity contribution < 1.29 is 4.21 Å². The van der Waals surface area contributed by atoms with E-state index in [0.29, 0.717) is 0 Å². The zero-order chi connectivity index (χ0) is 12.0. The topological polar surface area (TPSA) is 17.1 Å². The molecule has 0 bridgehead atoms. The van der Waals surface area contributed by atoms with Crippen molar-refractivity contribution in [2.24, 2.45) is 0 Å². The van der Waals surface area contributed by atoms with E-state index in [2.05, 4.69) is 22.9 Å². The van der Waals surface area contributed by atoms with Gasteiger partial charge in [-0.15, -0.1) is 0 Å². The molecule has 0 aromatic heterocycles. The normalized spacial score (nSPS) is 13.8. The Morgan fingerprint density at radius 3 is 2.56 bits per heavy atom. The molecule has 0 aliphatic heterocycles. The first-order valence-corrected chi connectivity index (χ1v) is 7.43. The summed E-state index contributed by atoms with van der Waals surface area (Å²) in [5, 5.41) is 0. The predicted molar refractivity (Wildman–Crippen MR) is 74.1 cm³/mol. The third-order valence-electron chi connectivity index (χ3n) is 2.27. The molecule has 1 unspecified atom stereocenters. The molecular weight excluding hydrogens is 284 g/mol. The number of allylic oxidation sites excluding steroid dienone is 1. The van der Waals surface area contributed by atoms with E-state index in [-0.39, 0.29) is 0 Å². The van der Waals surface area contributed by atoms with Crippen LogP contribution in [0.1, 0.15) is 31.7 Å². The van der Waals surface area contributed by atoms with Crippen LogP contribution in [0.25, 0.3) is 0 Å². The minimum atomic E-state index is -1.06. The van der Waals surface area contributed by atoms with Gasteiger partial charge >= 0.3 is 0 Å². The van der Waals surface area contributed by atoms with Crippen molar-refractivity contribution in [1.29, 1.82) is 0 Å². The van der Waals surface area contributed by atoms with Crippen molar-refractivity contribution in [2.75, 3.05) is 0 Å². The molecule has 0 saturated heterocycles. The van der Waals surface area contributed by atoms with Crippen LogP contribution >= 0.6 is 15.9 Å². The van der Waals surface area contributed by atoms with Crippen molar-refractivity contribution in [2.45, 2.75) is 38.0 Å². The first-order chi connectivity index (χ1) is 7.65. The summed E-state index contributed by atoms with van der Waals surface area (Å²) in [5.74, 6) is 0. The van der Waals surface area contributed by atoms with Crippen LogP contribution in [0.4, 0.5) is 0 Å². The maximum atomic E-state index is 12.0. The number of unbranched alkanes of at least 4 members (excludes halogenated alkanes) is 2. The van der Waals surface area contributed by atoms with Crippen LogP contribution in [-0.2, 0) is 10.8 Å². The average molecular weight is 301 g/mol. The van der Waals surface area contributed by atoms with Gasteiger partial charge < -0.3 is 0 Å². The zero-order valence-electron chi connectivity index (χ0n) is 9.70. The second-order valence-corrected chi connectivity index (χ2v) is 6.56. The van der Waals surface area contributed by atoms with Gasteiger partial charge in [-0.25, -0.2) is 4.21 Å². The van der Waals surface area contributed by atoms with E-state index in [0.717, 1.165) is 28.0 Å². The molecule has 1 nitrogen and oxygen atoms in total. The Hall–Kier alpha value is -0.410. The molecule has 0 radical (unpaired) electrons. The maximum Gasteiger partial charge on any atom is 0.0917 e. The number of hydrogen-bond acceptors (Lipinski definition) is 1. The molecule has 0 N–H and O–H groups in total. The summed E-state index contributed by atoms with van der Waals surface area (Å²) in [6.07, 6.45) is 5.29. The Balaban J connectivity index is 2.70. The Bertz CT molecular complexity index is 381. The van der Waals surface area contributed by atoms with E-state index in [1.807, 2.05) is 37.3 Å². The number of benzene rings is 1. The molecule has 0 heterocycles. The first-order valence-electron chi connectivity index (χ1n) is 5.49. The van der Waals surface area contributed by atoms with Gasteiger partial charge in [0, 0.05) is 4.90 Å². The molecule has 0 spiro atoms. The summed E-state index contributed by atoms with van der Waals surface area (Å²) >= 11 is 3.39.